The van der Waals surface area contributed by atoms with Crippen LogP contribution in [0.15, 0.2) is 24.3 Å². The van der Waals surface area contributed by atoms with E-state index in [0.29, 0.717) is 22.9 Å². The van der Waals surface area contributed by atoms with Crippen LogP contribution in [0.3, 0.4) is 0 Å². The molecule has 1 aliphatic rings. The highest BCUT2D eigenvalue weighted by Crippen LogP contribution is 2.25. The van der Waals surface area contributed by atoms with Gasteiger partial charge in [0.25, 0.3) is 0 Å². The molecular weight excluding hydrogens is 298 g/mol. The molecule has 116 valence electrons. The van der Waals surface area contributed by atoms with Gasteiger partial charge in [-0.1, -0.05) is 13.8 Å². The Kier molecular flexibility index (Phi) is 5.45. The smallest absolute Gasteiger partial charge is 0.248 e. The van der Waals surface area contributed by atoms with Crippen LogP contribution in [0.1, 0.15) is 25.8 Å². The van der Waals surface area contributed by atoms with E-state index in [1.165, 1.54) is 0 Å². The summed E-state index contributed by atoms with van der Waals surface area (Å²) in [7, 11) is 0. The van der Waals surface area contributed by atoms with Crippen molar-refractivity contribution in [2.45, 2.75) is 26.3 Å². The van der Waals surface area contributed by atoms with Gasteiger partial charge in [-0.15, -0.1) is 11.8 Å². The largest absolute Gasteiger partial charge is 0.324 e. The van der Waals surface area contributed by atoms with E-state index in [1.54, 1.807) is 40.9 Å². The summed E-state index contributed by atoms with van der Waals surface area (Å²) in [5.74, 6) is 0.974. The van der Waals surface area contributed by atoms with Crippen molar-refractivity contribution in [2.75, 3.05) is 16.9 Å². The molecule has 1 aliphatic heterocycles. The summed E-state index contributed by atoms with van der Waals surface area (Å²) in [6, 6.07) is 8.30. The third-order valence-corrected chi connectivity index (χ3v) is 4.80. The molecule has 0 radical (unpaired) electrons. The van der Waals surface area contributed by atoms with Crippen molar-refractivity contribution in [1.29, 1.82) is 5.26 Å². The SMILES string of the molecule is CC[C@@H](C)C(=O)N1CSC[C@@H]1C(=O)Nc1ccc(C#N)cc1. The van der Waals surface area contributed by atoms with E-state index in [4.69, 9.17) is 5.26 Å². The predicted octanol–water partition coefficient (Wildman–Crippen LogP) is 2.44. The Morgan fingerprint density at radius 2 is 2.14 bits per heavy atom. The molecule has 0 spiro atoms. The number of nitrogens with one attached hydrogen (secondary N) is 1. The lowest BCUT2D eigenvalue weighted by atomic mass is 10.1. The number of nitriles is 1. The summed E-state index contributed by atoms with van der Waals surface area (Å²) in [6.45, 7) is 3.86. The summed E-state index contributed by atoms with van der Waals surface area (Å²) in [6.07, 6.45) is 0.768. The zero-order valence-electron chi connectivity index (χ0n) is 12.7. The van der Waals surface area contributed by atoms with Crippen LogP contribution in [0.2, 0.25) is 0 Å². The minimum absolute atomic E-state index is 0.0347. The molecule has 0 aliphatic carbocycles. The van der Waals surface area contributed by atoms with Crippen molar-refractivity contribution in [3.8, 4) is 6.07 Å². The van der Waals surface area contributed by atoms with Crippen molar-refractivity contribution < 1.29 is 9.59 Å². The molecule has 2 atom stereocenters. The van der Waals surface area contributed by atoms with Gasteiger partial charge in [0.05, 0.1) is 17.5 Å². The number of rotatable bonds is 4. The van der Waals surface area contributed by atoms with Gasteiger partial charge in [-0.05, 0) is 30.7 Å². The standard InChI is InChI=1S/C16H19N3O2S/c1-3-11(2)16(21)19-10-22-9-14(19)15(20)18-13-6-4-12(8-17)5-7-13/h4-7,11,14H,3,9-10H2,1-2H3,(H,18,20)/t11-,14-/m1/s1. The van der Waals surface area contributed by atoms with Gasteiger partial charge in [-0.3, -0.25) is 9.59 Å². The molecule has 2 amide bonds. The van der Waals surface area contributed by atoms with Gasteiger partial charge in [0, 0.05) is 17.4 Å². The molecule has 0 unspecified atom stereocenters. The highest BCUT2D eigenvalue weighted by Gasteiger charge is 2.35. The van der Waals surface area contributed by atoms with E-state index >= 15 is 0 Å². The number of nitrogens with zero attached hydrogens (tertiary/aromatic N) is 2. The van der Waals surface area contributed by atoms with E-state index in [-0.39, 0.29) is 17.7 Å². The van der Waals surface area contributed by atoms with Crippen LogP contribution >= 0.6 is 11.8 Å². The molecule has 0 bridgehead atoms. The monoisotopic (exact) mass is 317 g/mol. The second-order valence-corrected chi connectivity index (χ2v) is 6.31. The fourth-order valence-corrected chi connectivity index (χ4v) is 3.35. The molecule has 1 saturated heterocycles. The van der Waals surface area contributed by atoms with Crippen LogP contribution in [0.4, 0.5) is 5.69 Å². The topological polar surface area (TPSA) is 73.2 Å². The lowest BCUT2D eigenvalue weighted by molar-refractivity contribution is -0.139. The number of benzene rings is 1. The number of anilines is 1. The van der Waals surface area contributed by atoms with E-state index in [1.807, 2.05) is 19.9 Å². The third-order valence-electron chi connectivity index (χ3n) is 3.78. The van der Waals surface area contributed by atoms with Crippen molar-refractivity contribution in [2.24, 2.45) is 5.92 Å². The summed E-state index contributed by atoms with van der Waals surface area (Å²) < 4.78 is 0. The molecule has 0 saturated carbocycles. The Balaban J connectivity index is 2.04. The molecule has 1 heterocycles. The fourth-order valence-electron chi connectivity index (χ4n) is 2.19. The van der Waals surface area contributed by atoms with Gasteiger partial charge in [0.2, 0.25) is 11.8 Å². The van der Waals surface area contributed by atoms with Gasteiger partial charge < -0.3 is 10.2 Å². The minimum atomic E-state index is -0.429. The number of hydrogen-bond acceptors (Lipinski definition) is 4. The van der Waals surface area contributed by atoms with Crippen LogP contribution in [0.25, 0.3) is 0 Å². The number of carbonyl (C=O) groups is 2. The highest BCUT2D eigenvalue weighted by molar-refractivity contribution is 7.99. The predicted molar refractivity (Wildman–Crippen MR) is 87.2 cm³/mol. The lowest BCUT2D eigenvalue weighted by Gasteiger charge is -2.25. The van der Waals surface area contributed by atoms with E-state index in [0.717, 1.165) is 6.42 Å². The van der Waals surface area contributed by atoms with Crippen molar-refractivity contribution in [3.63, 3.8) is 0 Å². The van der Waals surface area contributed by atoms with Gasteiger partial charge >= 0.3 is 0 Å². The number of amides is 2. The van der Waals surface area contributed by atoms with Crippen molar-refractivity contribution in [1.82, 2.24) is 4.90 Å². The summed E-state index contributed by atoms with van der Waals surface area (Å²) in [4.78, 5) is 26.4. The van der Waals surface area contributed by atoms with Crippen LogP contribution in [-0.4, -0.2) is 34.4 Å². The van der Waals surface area contributed by atoms with E-state index in [9.17, 15) is 9.59 Å². The second kappa shape index (κ2) is 7.32. The number of thioether (sulfide) groups is 1. The van der Waals surface area contributed by atoms with E-state index < -0.39 is 6.04 Å². The van der Waals surface area contributed by atoms with Gasteiger partial charge in [0.1, 0.15) is 6.04 Å². The van der Waals surface area contributed by atoms with Crippen molar-refractivity contribution in [3.05, 3.63) is 29.8 Å². The highest BCUT2D eigenvalue weighted by atomic mass is 32.2. The van der Waals surface area contributed by atoms with Crippen LogP contribution in [0.5, 0.6) is 0 Å². The average molecular weight is 317 g/mol. The first-order valence-corrected chi connectivity index (χ1v) is 8.41. The van der Waals surface area contributed by atoms with Crippen molar-refractivity contribution >= 4 is 29.3 Å². The molecule has 6 heteroatoms. The molecule has 22 heavy (non-hydrogen) atoms. The summed E-state index contributed by atoms with van der Waals surface area (Å²) in [5, 5.41) is 11.6. The first-order valence-electron chi connectivity index (χ1n) is 7.26. The maximum Gasteiger partial charge on any atom is 0.248 e. The second-order valence-electron chi connectivity index (χ2n) is 5.31. The minimum Gasteiger partial charge on any atom is -0.324 e. The molecule has 1 N–H and O–H groups in total. The molecule has 1 aromatic rings. The Bertz CT molecular complexity index is 594. The Hall–Kier alpha value is -2.00. The first-order chi connectivity index (χ1) is 10.6. The third kappa shape index (κ3) is 3.60. The Morgan fingerprint density at radius 1 is 1.45 bits per heavy atom. The van der Waals surface area contributed by atoms with Crippen LogP contribution in [-0.2, 0) is 9.59 Å². The van der Waals surface area contributed by atoms with E-state index in [2.05, 4.69) is 5.32 Å². The fraction of sp³-hybridized carbons (Fsp3) is 0.438. The lowest BCUT2D eigenvalue weighted by Crippen LogP contribution is -2.46. The number of hydrogen-bond donors (Lipinski definition) is 1. The van der Waals surface area contributed by atoms with Gasteiger partial charge in [-0.25, -0.2) is 0 Å². The molecule has 1 fully saturated rings. The van der Waals surface area contributed by atoms with Gasteiger partial charge in [-0.2, -0.15) is 5.26 Å². The van der Waals surface area contributed by atoms with Gasteiger partial charge in [0.15, 0.2) is 0 Å². The molecule has 1 aromatic carbocycles. The quantitative estimate of drug-likeness (QED) is 0.925. The van der Waals surface area contributed by atoms with Crippen LogP contribution < -0.4 is 5.32 Å². The molecule has 5 nitrogen and oxygen atoms in total. The van der Waals surface area contributed by atoms with Crippen LogP contribution in [0, 0.1) is 17.2 Å². The molecular formula is C16H19N3O2S. The number of carbonyl (C=O) groups excluding carboxylic acids is 2. The normalized spacial score (nSPS) is 18.6. The summed E-state index contributed by atoms with van der Waals surface area (Å²) in [5.41, 5.74) is 1.18. The molecule has 0 aromatic heterocycles. The first kappa shape index (κ1) is 16.4. The Labute approximate surface area is 134 Å². The maximum absolute atomic E-state index is 12.4. The molecule has 2 rings (SSSR count). The Morgan fingerprint density at radius 3 is 2.73 bits per heavy atom. The zero-order valence-corrected chi connectivity index (χ0v) is 13.5. The maximum atomic E-state index is 12.4. The zero-order chi connectivity index (χ0) is 16.1. The summed E-state index contributed by atoms with van der Waals surface area (Å²) >= 11 is 1.59. The average Bonchev–Trinajstić information content (AvgIpc) is 3.03.